The standard InChI is InChI=1S/C20H16O2/c1-14-10-12-15(13-11-14)20(22-21)18-8-4-2-6-16(18)17-7-3-5-9-19(17)20/h2-13,21H,1H3. The molecule has 1 N–H and O–H groups in total. The van der Waals surface area contributed by atoms with Crippen molar-refractivity contribution in [2.75, 3.05) is 0 Å². The van der Waals surface area contributed by atoms with Gasteiger partial charge in [0.25, 0.3) is 0 Å². The fraction of sp³-hybridized carbons (Fsp3) is 0.100. The summed E-state index contributed by atoms with van der Waals surface area (Å²) < 4.78 is 0. The largest absolute Gasteiger partial charge is 0.250 e. The van der Waals surface area contributed by atoms with E-state index in [1.165, 1.54) is 5.56 Å². The molecule has 0 radical (unpaired) electrons. The smallest absolute Gasteiger partial charge is 0.179 e. The zero-order valence-electron chi connectivity index (χ0n) is 12.3. The Hall–Kier alpha value is -2.42. The van der Waals surface area contributed by atoms with Crippen LogP contribution in [0.1, 0.15) is 22.3 Å². The van der Waals surface area contributed by atoms with Crippen molar-refractivity contribution in [3.05, 3.63) is 95.1 Å². The molecule has 3 aromatic rings. The van der Waals surface area contributed by atoms with Gasteiger partial charge in [0.05, 0.1) is 0 Å². The third-order valence-electron chi connectivity index (χ3n) is 4.50. The summed E-state index contributed by atoms with van der Waals surface area (Å²) in [6, 6.07) is 24.3. The number of hydrogen-bond acceptors (Lipinski definition) is 2. The lowest BCUT2D eigenvalue weighted by atomic mass is 9.84. The third-order valence-corrected chi connectivity index (χ3v) is 4.50. The summed E-state index contributed by atoms with van der Waals surface area (Å²) in [6.45, 7) is 2.05. The molecule has 1 aliphatic carbocycles. The van der Waals surface area contributed by atoms with Crippen LogP contribution in [0.2, 0.25) is 0 Å². The molecule has 0 bridgehead atoms. The second-order valence-electron chi connectivity index (χ2n) is 5.73. The minimum Gasteiger partial charge on any atom is -0.250 e. The highest BCUT2D eigenvalue weighted by molar-refractivity contribution is 5.82. The molecule has 0 saturated heterocycles. The molecule has 22 heavy (non-hydrogen) atoms. The van der Waals surface area contributed by atoms with Crippen LogP contribution in [0.25, 0.3) is 11.1 Å². The average molecular weight is 288 g/mol. The van der Waals surface area contributed by atoms with Gasteiger partial charge in [0.15, 0.2) is 5.60 Å². The molecule has 0 heterocycles. The van der Waals surface area contributed by atoms with Crippen molar-refractivity contribution in [1.29, 1.82) is 0 Å². The number of fused-ring (bicyclic) bond motifs is 3. The highest BCUT2D eigenvalue weighted by atomic mass is 17.1. The predicted octanol–water partition coefficient (Wildman–Crippen LogP) is 4.76. The average Bonchev–Trinajstić information content (AvgIpc) is 2.87. The third kappa shape index (κ3) is 1.62. The lowest BCUT2D eigenvalue weighted by Crippen LogP contribution is -2.29. The Kier molecular flexibility index (Phi) is 2.89. The monoisotopic (exact) mass is 288 g/mol. The van der Waals surface area contributed by atoms with E-state index in [2.05, 4.69) is 12.1 Å². The van der Waals surface area contributed by atoms with E-state index in [1.54, 1.807) is 0 Å². The molecule has 0 spiro atoms. The van der Waals surface area contributed by atoms with Crippen LogP contribution in [-0.4, -0.2) is 5.26 Å². The maximum Gasteiger partial charge on any atom is 0.179 e. The Balaban J connectivity index is 2.09. The van der Waals surface area contributed by atoms with Crippen LogP contribution >= 0.6 is 0 Å². The molecule has 0 unspecified atom stereocenters. The van der Waals surface area contributed by atoms with Crippen LogP contribution in [0, 0.1) is 6.92 Å². The number of benzene rings is 3. The van der Waals surface area contributed by atoms with E-state index in [0.717, 1.165) is 27.8 Å². The topological polar surface area (TPSA) is 29.5 Å². The summed E-state index contributed by atoms with van der Waals surface area (Å²) in [6.07, 6.45) is 0. The van der Waals surface area contributed by atoms with Crippen LogP contribution in [-0.2, 0) is 10.5 Å². The summed E-state index contributed by atoms with van der Waals surface area (Å²) in [4.78, 5) is 5.18. The van der Waals surface area contributed by atoms with Crippen molar-refractivity contribution in [2.24, 2.45) is 0 Å². The quantitative estimate of drug-likeness (QED) is 0.544. The zero-order valence-corrected chi connectivity index (χ0v) is 12.3. The van der Waals surface area contributed by atoms with Crippen LogP contribution in [0.3, 0.4) is 0 Å². The summed E-state index contributed by atoms with van der Waals surface area (Å²) in [5.74, 6) is 0. The molecule has 0 amide bonds. The lowest BCUT2D eigenvalue weighted by molar-refractivity contribution is -0.301. The van der Waals surface area contributed by atoms with Gasteiger partial charge in [0.2, 0.25) is 0 Å². The van der Waals surface area contributed by atoms with Gasteiger partial charge in [-0.15, -0.1) is 0 Å². The first kappa shape index (κ1) is 13.3. The highest BCUT2D eigenvalue weighted by Crippen LogP contribution is 2.52. The predicted molar refractivity (Wildman–Crippen MR) is 86.7 cm³/mol. The van der Waals surface area contributed by atoms with Crippen LogP contribution in [0.15, 0.2) is 72.8 Å². The van der Waals surface area contributed by atoms with E-state index in [9.17, 15) is 5.26 Å². The molecule has 1 aliphatic rings. The molecule has 0 fully saturated rings. The number of rotatable bonds is 2. The Morgan fingerprint density at radius 1 is 0.727 bits per heavy atom. The van der Waals surface area contributed by atoms with Crippen molar-refractivity contribution in [3.63, 3.8) is 0 Å². The zero-order chi connectivity index (χ0) is 15.2. The fourth-order valence-electron chi connectivity index (χ4n) is 3.45. The summed E-state index contributed by atoms with van der Waals surface area (Å²) in [5, 5.41) is 9.93. The van der Waals surface area contributed by atoms with Gasteiger partial charge in [-0.05, 0) is 23.6 Å². The number of aryl methyl sites for hydroxylation is 1. The van der Waals surface area contributed by atoms with Crippen LogP contribution in [0.4, 0.5) is 0 Å². The Morgan fingerprint density at radius 3 is 1.73 bits per heavy atom. The minimum atomic E-state index is -0.957. The molecule has 4 rings (SSSR count). The first-order valence-electron chi connectivity index (χ1n) is 7.36. The maximum atomic E-state index is 9.93. The molecule has 2 heteroatoms. The second-order valence-corrected chi connectivity index (χ2v) is 5.73. The molecular formula is C20H16O2. The minimum absolute atomic E-state index is 0.929. The van der Waals surface area contributed by atoms with Crippen molar-refractivity contribution in [1.82, 2.24) is 0 Å². The van der Waals surface area contributed by atoms with Crippen molar-refractivity contribution < 1.29 is 10.1 Å². The van der Waals surface area contributed by atoms with Crippen LogP contribution < -0.4 is 0 Å². The highest BCUT2D eigenvalue weighted by Gasteiger charge is 2.46. The van der Waals surface area contributed by atoms with E-state index in [4.69, 9.17) is 4.89 Å². The first-order chi connectivity index (χ1) is 10.8. The molecule has 0 aromatic heterocycles. The van der Waals surface area contributed by atoms with Gasteiger partial charge in [-0.25, -0.2) is 4.89 Å². The molecule has 0 atom stereocenters. The van der Waals surface area contributed by atoms with E-state index in [0.29, 0.717) is 0 Å². The molecule has 108 valence electrons. The Labute approximate surface area is 129 Å². The normalized spacial score (nSPS) is 14.5. The van der Waals surface area contributed by atoms with Gasteiger partial charge < -0.3 is 0 Å². The molecular weight excluding hydrogens is 272 g/mol. The van der Waals surface area contributed by atoms with Crippen molar-refractivity contribution in [2.45, 2.75) is 12.5 Å². The summed E-state index contributed by atoms with van der Waals surface area (Å²) in [7, 11) is 0. The second kappa shape index (κ2) is 4.80. The summed E-state index contributed by atoms with van der Waals surface area (Å²) >= 11 is 0. The van der Waals surface area contributed by atoms with Crippen molar-refractivity contribution >= 4 is 0 Å². The SMILES string of the molecule is Cc1ccc(C2(OO)c3ccccc3-c3ccccc32)cc1. The molecule has 0 aliphatic heterocycles. The van der Waals surface area contributed by atoms with Gasteiger partial charge in [-0.3, -0.25) is 5.26 Å². The van der Waals surface area contributed by atoms with Gasteiger partial charge >= 0.3 is 0 Å². The fourth-order valence-corrected chi connectivity index (χ4v) is 3.45. The van der Waals surface area contributed by atoms with Gasteiger partial charge in [-0.1, -0.05) is 78.4 Å². The van der Waals surface area contributed by atoms with E-state index in [-0.39, 0.29) is 0 Å². The Morgan fingerprint density at radius 2 is 1.23 bits per heavy atom. The van der Waals surface area contributed by atoms with Gasteiger partial charge in [-0.2, -0.15) is 0 Å². The molecule has 0 saturated carbocycles. The van der Waals surface area contributed by atoms with Gasteiger partial charge in [0.1, 0.15) is 0 Å². The van der Waals surface area contributed by atoms with E-state index in [1.807, 2.05) is 67.6 Å². The van der Waals surface area contributed by atoms with Crippen LogP contribution in [0.5, 0.6) is 0 Å². The van der Waals surface area contributed by atoms with E-state index < -0.39 is 5.60 Å². The maximum absolute atomic E-state index is 9.93. The van der Waals surface area contributed by atoms with E-state index >= 15 is 0 Å². The molecule has 3 aromatic carbocycles. The van der Waals surface area contributed by atoms with Gasteiger partial charge in [0, 0.05) is 11.1 Å². The van der Waals surface area contributed by atoms with Crippen molar-refractivity contribution in [3.8, 4) is 11.1 Å². The first-order valence-corrected chi connectivity index (χ1v) is 7.36. The Bertz CT molecular complexity index is 789. The lowest BCUT2D eigenvalue weighted by Gasteiger charge is -2.29. The summed E-state index contributed by atoms with van der Waals surface area (Å²) in [5.41, 5.74) is 5.31. The molecule has 2 nitrogen and oxygen atoms in total. The number of hydrogen-bond donors (Lipinski definition) is 1.